The van der Waals surface area contributed by atoms with Crippen LogP contribution in [0.1, 0.15) is 31.4 Å². The third-order valence-electron chi connectivity index (χ3n) is 4.74. The zero-order valence-corrected chi connectivity index (χ0v) is 21.5. The molecule has 2 N–H and O–H groups in total. The molecule has 0 aromatic heterocycles. The summed E-state index contributed by atoms with van der Waals surface area (Å²) in [6, 6.07) is 11.7. The van der Waals surface area contributed by atoms with Gasteiger partial charge in [0.15, 0.2) is 0 Å². The standard InChI is InChI=1S/C15H16F3NO2.C7H9NO2S2.C2H6/c1-2-14(20)19-7-6-13(9-19)21-10-11-4-3-5-12(8-11)15(16,17)18;1-11(9)6-3-2-4-7(5-6)12(8)10;1-2/h2-5,8,13H,1,6-7,9-10H2;2-5H,8H2,1H3;1-2H3. The van der Waals surface area contributed by atoms with Crippen LogP contribution in [0.25, 0.3) is 0 Å². The molecule has 11 heteroatoms. The Kier molecular flexibility index (Phi) is 13.1. The highest BCUT2D eigenvalue weighted by molar-refractivity contribution is 7.84. The quantitative estimate of drug-likeness (QED) is 0.557. The number of nitrogens with two attached hydrogens (primary N) is 1. The summed E-state index contributed by atoms with van der Waals surface area (Å²) in [6.45, 7) is 8.55. The lowest BCUT2D eigenvalue weighted by atomic mass is 10.1. The third kappa shape index (κ3) is 10.4. The second-order valence-corrected chi connectivity index (χ2v) is 9.58. The second kappa shape index (κ2) is 14.9. The summed E-state index contributed by atoms with van der Waals surface area (Å²) in [5, 5.41) is 5.16. The van der Waals surface area contributed by atoms with Gasteiger partial charge in [-0.1, -0.05) is 38.6 Å². The number of rotatable bonds is 6. The normalized spacial score (nSPS) is 16.8. The first-order valence-electron chi connectivity index (χ1n) is 10.8. The molecule has 194 valence electrons. The van der Waals surface area contributed by atoms with Crippen molar-refractivity contribution in [3.63, 3.8) is 0 Å². The number of hydrogen-bond acceptors (Lipinski definition) is 4. The first-order chi connectivity index (χ1) is 16.5. The summed E-state index contributed by atoms with van der Waals surface area (Å²) >= 11 is 0. The first kappa shape index (κ1) is 30.7. The molecule has 2 aromatic rings. The van der Waals surface area contributed by atoms with Gasteiger partial charge in [-0.3, -0.25) is 9.00 Å². The molecule has 0 saturated carbocycles. The second-order valence-electron chi connectivity index (χ2n) is 7.13. The van der Waals surface area contributed by atoms with Gasteiger partial charge in [0.25, 0.3) is 0 Å². The van der Waals surface area contributed by atoms with E-state index < -0.39 is 33.5 Å². The highest BCUT2D eigenvalue weighted by Crippen LogP contribution is 2.29. The largest absolute Gasteiger partial charge is 0.416 e. The van der Waals surface area contributed by atoms with Gasteiger partial charge in [-0.05, 0) is 48.4 Å². The molecule has 3 unspecified atom stereocenters. The number of amides is 1. The monoisotopic (exact) mass is 532 g/mol. The number of carbonyl (C=O) groups is 1. The van der Waals surface area contributed by atoms with Crippen LogP contribution in [0.4, 0.5) is 13.2 Å². The molecule has 1 saturated heterocycles. The fourth-order valence-electron chi connectivity index (χ4n) is 3.02. The predicted molar refractivity (Wildman–Crippen MR) is 132 cm³/mol. The Morgan fingerprint density at radius 3 is 2.37 bits per heavy atom. The van der Waals surface area contributed by atoms with Crippen LogP contribution in [0.3, 0.4) is 0 Å². The molecule has 0 aliphatic carbocycles. The van der Waals surface area contributed by atoms with Gasteiger partial charge in [0.2, 0.25) is 5.91 Å². The van der Waals surface area contributed by atoms with E-state index in [9.17, 15) is 26.4 Å². The number of benzene rings is 2. The van der Waals surface area contributed by atoms with Gasteiger partial charge < -0.3 is 9.64 Å². The Morgan fingerprint density at radius 1 is 1.17 bits per heavy atom. The van der Waals surface area contributed by atoms with Crippen molar-refractivity contribution in [1.82, 2.24) is 4.90 Å². The number of alkyl halides is 3. The van der Waals surface area contributed by atoms with Crippen molar-refractivity contribution < 1.29 is 31.1 Å². The molecule has 1 heterocycles. The van der Waals surface area contributed by atoms with Crippen LogP contribution in [0, 0.1) is 0 Å². The minimum Gasteiger partial charge on any atom is -0.372 e. The van der Waals surface area contributed by atoms with E-state index in [1.807, 2.05) is 13.8 Å². The Balaban J connectivity index is 0.000000372. The summed E-state index contributed by atoms with van der Waals surface area (Å²) in [6.07, 6.45) is -1.01. The SMILES string of the molecule is C=CC(=O)N1CCC(OCc2cccc(C(F)(F)F)c2)C1.CC.CS(=O)c1cccc(S(N)=O)c1. The fraction of sp³-hybridized carbons (Fsp3) is 0.375. The fourth-order valence-corrected chi connectivity index (χ4v) is 4.12. The van der Waals surface area contributed by atoms with E-state index in [2.05, 4.69) is 6.58 Å². The van der Waals surface area contributed by atoms with Crippen molar-refractivity contribution in [2.45, 2.75) is 48.9 Å². The van der Waals surface area contributed by atoms with Gasteiger partial charge in [0.1, 0.15) is 11.0 Å². The molecule has 35 heavy (non-hydrogen) atoms. The van der Waals surface area contributed by atoms with Gasteiger partial charge >= 0.3 is 6.18 Å². The summed E-state index contributed by atoms with van der Waals surface area (Å²) in [5.41, 5.74) is -0.211. The molecule has 0 spiro atoms. The van der Waals surface area contributed by atoms with Crippen molar-refractivity contribution in [2.24, 2.45) is 5.14 Å². The number of hydrogen-bond donors (Lipinski definition) is 1. The van der Waals surface area contributed by atoms with E-state index in [-0.39, 0.29) is 18.6 Å². The molecule has 0 bridgehead atoms. The number of nitrogens with zero attached hydrogens (tertiary/aromatic N) is 1. The zero-order chi connectivity index (χ0) is 26.6. The van der Waals surface area contributed by atoms with Crippen LogP contribution in [-0.4, -0.2) is 44.7 Å². The van der Waals surface area contributed by atoms with Gasteiger partial charge in [0.05, 0.1) is 23.2 Å². The van der Waals surface area contributed by atoms with Crippen molar-refractivity contribution in [3.8, 4) is 0 Å². The Labute approximate surface area is 209 Å². The number of halogens is 3. The number of likely N-dealkylation sites (tertiary alicyclic amines) is 1. The van der Waals surface area contributed by atoms with Crippen molar-refractivity contribution >= 4 is 27.7 Å². The molecule has 1 aliphatic heterocycles. The zero-order valence-electron chi connectivity index (χ0n) is 19.9. The Bertz CT molecular complexity index is 1000. The van der Waals surface area contributed by atoms with Gasteiger partial charge in [0, 0.05) is 35.0 Å². The van der Waals surface area contributed by atoms with Crippen molar-refractivity contribution in [1.29, 1.82) is 0 Å². The molecule has 6 nitrogen and oxygen atoms in total. The molecule has 3 rings (SSSR count). The van der Waals surface area contributed by atoms with Crippen LogP contribution >= 0.6 is 0 Å². The minimum atomic E-state index is -4.35. The van der Waals surface area contributed by atoms with Crippen LogP contribution in [0.2, 0.25) is 0 Å². The minimum absolute atomic E-state index is 0.102. The molecule has 1 amide bonds. The maximum absolute atomic E-state index is 12.6. The van der Waals surface area contributed by atoms with Crippen LogP contribution in [0.15, 0.2) is 71.0 Å². The van der Waals surface area contributed by atoms with Gasteiger partial charge in [-0.2, -0.15) is 13.2 Å². The van der Waals surface area contributed by atoms with Gasteiger partial charge in [-0.15, -0.1) is 0 Å². The molecule has 1 fully saturated rings. The van der Waals surface area contributed by atoms with E-state index in [0.717, 1.165) is 12.1 Å². The molecule has 1 aliphatic rings. The molecule has 2 aromatic carbocycles. The molecular formula is C24H31F3N2O4S2. The van der Waals surface area contributed by atoms with E-state index in [0.29, 0.717) is 34.9 Å². The lowest BCUT2D eigenvalue weighted by Gasteiger charge is -2.15. The van der Waals surface area contributed by atoms with E-state index in [1.54, 1.807) is 41.5 Å². The summed E-state index contributed by atoms with van der Waals surface area (Å²) in [7, 11) is -2.54. The Morgan fingerprint density at radius 2 is 1.80 bits per heavy atom. The Hall–Kier alpha value is -2.34. The van der Waals surface area contributed by atoms with E-state index >= 15 is 0 Å². The topological polar surface area (TPSA) is 89.7 Å². The lowest BCUT2D eigenvalue weighted by Crippen LogP contribution is -2.28. The smallest absolute Gasteiger partial charge is 0.372 e. The highest BCUT2D eigenvalue weighted by Gasteiger charge is 2.30. The van der Waals surface area contributed by atoms with Crippen molar-refractivity contribution in [3.05, 3.63) is 72.3 Å². The first-order valence-corrected chi connectivity index (χ1v) is 13.6. The maximum atomic E-state index is 12.6. The molecule has 0 radical (unpaired) electrons. The average molecular weight is 533 g/mol. The average Bonchev–Trinajstić information content (AvgIpc) is 3.33. The summed E-state index contributed by atoms with van der Waals surface area (Å²) in [5.74, 6) is -0.153. The predicted octanol–water partition coefficient (Wildman–Crippen LogP) is 4.44. The third-order valence-corrected chi connectivity index (χ3v) is 6.38. The van der Waals surface area contributed by atoms with E-state index in [1.165, 1.54) is 12.1 Å². The van der Waals surface area contributed by atoms with Gasteiger partial charge in [-0.25, -0.2) is 9.35 Å². The summed E-state index contributed by atoms with van der Waals surface area (Å²) < 4.78 is 65.2. The molecule has 3 atom stereocenters. The summed E-state index contributed by atoms with van der Waals surface area (Å²) in [4.78, 5) is 14.2. The van der Waals surface area contributed by atoms with E-state index in [4.69, 9.17) is 9.88 Å². The van der Waals surface area contributed by atoms with Crippen LogP contribution in [0.5, 0.6) is 0 Å². The lowest BCUT2D eigenvalue weighted by molar-refractivity contribution is -0.137. The van der Waals surface area contributed by atoms with Crippen molar-refractivity contribution in [2.75, 3.05) is 19.3 Å². The number of carbonyl (C=O) groups excluding carboxylic acids is 1. The van der Waals surface area contributed by atoms with Crippen LogP contribution < -0.4 is 5.14 Å². The highest BCUT2D eigenvalue weighted by atomic mass is 32.2. The van der Waals surface area contributed by atoms with Crippen LogP contribution in [-0.2, 0) is 44.1 Å². The molecular weight excluding hydrogens is 501 g/mol. The number of ether oxygens (including phenoxy) is 1. The maximum Gasteiger partial charge on any atom is 0.416 e.